The van der Waals surface area contributed by atoms with Gasteiger partial charge in [-0.05, 0) is 24.3 Å². The van der Waals surface area contributed by atoms with E-state index in [4.69, 9.17) is 4.74 Å². The summed E-state index contributed by atoms with van der Waals surface area (Å²) in [7, 11) is -0.752. The van der Waals surface area contributed by atoms with Crippen LogP contribution in [0.4, 0.5) is 0 Å². The third-order valence-corrected chi connectivity index (χ3v) is 6.32. The Balaban J connectivity index is 1.88. The SMILES string of the molecule is CN(C)S(=O)(=O)c1ccc(C(=O)OC(C(=O)c2ccccc2)c2ccccc2)cc1. The summed E-state index contributed by atoms with van der Waals surface area (Å²) in [5, 5.41) is 0. The lowest BCUT2D eigenvalue weighted by Gasteiger charge is -2.18. The highest BCUT2D eigenvalue weighted by atomic mass is 32.2. The van der Waals surface area contributed by atoms with E-state index in [0.29, 0.717) is 11.1 Å². The fourth-order valence-corrected chi connectivity index (χ4v) is 3.71. The minimum atomic E-state index is -3.61. The number of nitrogens with zero attached hydrogens (tertiary/aromatic N) is 1. The van der Waals surface area contributed by atoms with E-state index < -0.39 is 22.1 Å². The number of ether oxygens (including phenoxy) is 1. The van der Waals surface area contributed by atoms with Crippen LogP contribution in [0.1, 0.15) is 32.4 Å². The molecule has 1 unspecified atom stereocenters. The highest BCUT2D eigenvalue weighted by Gasteiger charge is 2.27. The highest BCUT2D eigenvalue weighted by Crippen LogP contribution is 2.24. The van der Waals surface area contributed by atoms with E-state index in [1.54, 1.807) is 60.7 Å². The Hall–Kier alpha value is -3.29. The van der Waals surface area contributed by atoms with E-state index in [0.717, 1.165) is 4.31 Å². The largest absolute Gasteiger partial charge is 0.445 e. The summed E-state index contributed by atoms with van der Waals surface area (Å²) in [5.74, 6) is -1.07. The second kappa shape index (κ2) is 9.02. The maximum atomic E-state index is 13.0. The molecule has 0 aliphatic carbocycles. The van der Waals surface area contributed by atoms with E-state index in [1.807, 2.05) is 0 Å². The highest BCUT2D eigenvalue weighted by molar-refractivity contribution is 7.89. The molecule has 0 heterocycles. The molecular weight excluding hydrogens is 402 g/mol. The van der Waals surface area contributed by atoms with Gasteiger partial charge in [0, 0.05) is 25.2 Å². The van der Waals surface area contributed by atoms with Gasteiger partial charge in [-0.1, -0.05) is 60.7 Å². The number of hydrogen-bond acceptors (Lipinski definition) is 5. The first-order valence-electron chi connectivity index (χ1n) is 9.18. The van der Waals surface area contributed by atoms with Gasteiger partial charge >= 0.3 is 5.97 Å². The molecule has 0 aliphatic heterocycles. The van der Waals surface area contributed by atoms with E-state index >= 15 is 0 Å². The van der Waals surface area contributed by atoms with Crippen molar-refractivity contribution >= 4 is 21.8 Å². The fraction of sp³-hybridized carbons (Fsp3) is 0.130. The molecule has 0 radical (unpaired) electrons. The molecule has 0 N–H and O–H groups in total. The third kappa shape index (κ3) is 4.64. The molecule has 3 aromatic carbocycles. The topological polar surface area (TPSA) is 80.8 Å². The van der Waals surface area contributed by atoms with Crippen LogP contribution in [0.3, 0.4) is 0 Å². The van der Waals surface area contributed by atoms with Crippen LogP contribution in [0.25, 0.3) is 0 Å². The summed E-state index contributed by atoms with van der Waals surface area (Å²) in [6.07, 6.45) is -1.12. The number of benzene rings is 3. The zero-order valence-corrected chi connectivity index (χ0v) is 17.4. The summed E-state index contributed by atoms with van der Waals surface area (Å²) in [5.41, 5.74) is 1.12. The van der Waals surface area contributed by atoms with Gasteiger partial charge in [0.05, 0.1) is 10.5 Å². The number of Topliss-reactive ketones (excluding diaryl/α,β-unsaturated/α-hetero) is 1. The molecule has 0 saturated carbocycles. The zero-order valence-electron chi connectivity index (χ0n) is 16.6. The molecule has 3 rings (SSSR count). The predicted molar refractivity (Wildman–Crippen MR) is 113 cm³/mol. The number of ketones is 1. The quantitative estimate of drug-likeness (QED) is 0.427. The molecule has 154 valence electrons. The van der Waals surface area contributed by atoms with Gasteiger partial charge < -0.3 is 4.74 Å². The van der Waals surface area contributed by atoms with E-state index in [9.17, 15) is 18.0 Å². The lowest BCUT2D eigenvalue weighted by atomic mass is 10.00. The number of sulfonamides is 1. The van der Waals surface area contributed by atoms with Gasteiger partial charge in [-0.3, -0.25) is 4.79 Å². The number of rotatable bonds is 7. The number of hydrogen-bond donors (Lipinski definition) is 0. The second-order valence-corrected chi connectivity index (χ2v) is 8.89. The normalized spacial score (nSPS) is 12.4. The third-order valence-electron chi connectivity index (χ3n) is 4.49. The van der Waals surface area contributed by atoms with Gasteiger partial charge in [-0.25, -0.2) is 17.5 Å². The monoisotopic (exact) mass is 423 g/mol. The van der Waals surface area contributed by atoms with Crippen molar-refractivity contribution in [3.63, 3.8) is 0 Å². The van der Waals surface area contributed by atoms with Crippen molar-refractivity contribution in [1.82, 2.24) is 4.31 Å². The molecule has 0 aliphatic rings. The molecule has 0 amide bonds. The minimum Gasteiger partial charge on any atom is -0.445 e. The van der Waals surface area contributed by atoms with Crippen LogP contribution in [0.2, 0.25) is 0 Å². The van der Waals surface area contributed by atoms with E-state index in [2.05, 4.69) is 0 Å². The molecule has 0 saturated heterocycles. The maximum Gasteiger partial charge on any atom is 0.339 e. The van der Waals surface area contributed by atoms with Gasteiger partial charge in [0.25, 0.3) is 0 Å². The Morgan fingerprint density at radius 3 is 1.83 bits per heavy atom. The summed E-state index contributed by atoms with van der Waals surface area (Å²) in [6.45, 7) is 0. The first-order chi connectivity index (χ1) is 14.3. The Morgan fingerprint density at radius 2 is 1.30 bits per heavy atom. The number of carbonyl (C=O) groups excluding carboxylic acids is 2. The van der Waals surface area contributed by atoms with Crippen LogP contribution in [0, 0.1) is 0 Å². The molecular formula is C23H21NO5S. The van der Waals surface area contributed by atoms with Crippen molar-refractivity contribution in [2.45, 2.75) is 11.0 Å². The van der Waals surface area contributed by atoms with Gasteiger partial charge in [-0.2, -0.15) is 0 Å². The predicted octanol–water partition coefficient (Wildman–Crippen LogP) is 3.72. The van der Waals surface area contributed by atoms with Gasteiger partial charge in [0.15, 0.2) is 6.10 Å². The van der Waals surface area contributed by atoms with Crippen molar-refractivity contribution in [2.75, 3.05) is 14.1 Å². The van der Waals surface area contributed by atoms with Crippen LogP contribution >= 0.6 is 0 Å². The number of carbonyl (C=O) groups is 2. The van der Waals surface area contributed by atoms with Gasteiger partial charge in [-0.15, -0.1) is 0 Å². The Morgan fingerprint density at radius 1 is 0.767 bits per heavy atom. The fourth-order valence-electron chi connectivity index (χ4n) is 2.80. The molecule has 30 heavy (non-hydrogen) atoms. The van der Waals surface area contributed by atoms with Crippen LogP contribution in [0.15, 0.2) is 89.8 Å². The van der Waals surface area contributed by atoms with Crippen molar-refractivity contribution in [3.05, 3.63) is 102 Å². The van der Waals surface area contributed by atoms with Crippen LogP contribution in [-0.4, -0.2) is 38.6 Å². The zero-order chi connectivity index (χ0) is 21.7. The smallest absolute Gasteiger partial charge is 0.339 e. The molecule has 3 aromatic rings. The van der Waals surface area contributed by atoms with Crippen molar-refractivity contribution < 1.29 is 22.7 Å². The summed E-state index contributed by atoms with van der Waals surface area (Å²) < 4.78 is 31.0. The summed E-state index contributed by atoms with van der Waals surface area (Å²) >= 11 is 0. The Bertz CT molecular complexity index is 1130. The maximum absolute atomic E-state index is 13.0. The molecule has 0 fully saturated rings. The average Bonchev–Trinajstić information content (AvgIpc) is 2.78. The molecule has 1 atom stereocenters. The molecule has 6 nitrogen and oxygen atoms in total. The van der Waals surface area contributed by atoms with Crippen molar-refractivity contribution in [3.8, 4) is 0 Å². The Kier molecular flexibility index (Phi) is 6.44. The summed E-state index contributed by atoms with van der Waals surface area (Å²) in [6, 6.07) is 22.7. The molecule has 0 aromatic heterocycles. The van der Waals surface area contributed by atoms with Gasteiger partial charge in [0.2, 0.25) is 15.8 Å². The summed E-state index contributed by atoms with van der Waals surface area (Å²) in [4.78, 5) is 25.8. The Labute approximate surface area is 175 Å². The van der Waals surface area contributed by atoms with Crippen LogP contribution < -0.4 is 0 Å². The molecule has 7 heteroatoms. The average molecular weight is 423 g/mol. The van der Waals surface area contributed by atoms with Gasteiger partial charge in [0.1, 0.15) is 0 Å². The first-order valence-corrected chi connectivity index (χ1v) is 10.6. The molecule has 0 bridgehead atoms. The van der Waals surface area contributed by atoms with Crippen molar-refractivity contribution in [1.29, 1.82) is 0 Å². The van der Waals surface area contributed by atoms with Crippen molar-refractivity contribution in [2.24, 2.45) is 0 Å². The lowest BCUT2D eigenvalue weighted by molar-refractivity contribution is 0.0280. The second-order valence-electron chi connectivity index (χ2n) is 6.74. The standard InChI is InChI=1S/C23H21NO5S/c1-24(2)30(27,28)20-15-13-19(14-16-20)23(26)29-22(18-11-7-4-8-12-18)21(25)17-9-5-3-6-10-17/h3-16,22H,1-2H3. The number of esters is 1. The minimum absolute atomic E-state index is 0.0593. The van der Waals surface area contributed by atoms with Crippen LogP contribution in [-0.2, 0) is 14.8 Å². The molecule has 0 spiro atoms. The van der Waals surface area contributed by atoms with E-state index in [1.165, 1.54) is 38.4 Å². The first kappa shape index (κ1) is 21.4. The van der Waals surface area contributed by atoms with Crippen LogP contribution in [0.5, 0.6) is 0 Å². The lowest BCUT2D eigenvalue weighted by Crippen LogP contribution is -2.22. The van der Waals surface area contributed by atoms with E-state index in [-0.39, 0.29) is 16.2 Å².